The van der Waals surface area contributed by atoms with E-state index in [-0.39, 0.29) is 0 Å². The fourth-order valence-corrected chi connectivity index (χ4v) is 1.93. The molecule has 0 fully saturated rings. The number of pyridine rings is 1. The molecule has 6 heteroatoms. The van der Waals surface area contributed by atoms with Gasteiger partial charge in [0.1, 0.15) is 11.2 Å². The number of aromatic amines is 1. The van der Waals surface area contributed by atoms with Crippen molar-refractivity contribution in [1.29, 1.82) is 0 Å². The quantitative estimate of drug-likeness (QED) is 0.844. The first-order valence-corrected chi connectivity index (χ1v) is 6.28. The van der Waals surface area contributed by atoms with Gasteiger partial charge in [0.05, 0.1) is 10.2 Å². The minimum absolute atomic E-state index is 0.489. The van der Waals surface area contributed by atoms with Crippen molar-refractivity contribution in [3.05, 3.63) is 22.9 Å². The van der Waals surface area contributed by atoms with E-state index in [0.29, 0.717) is 15.8 Å². The number of hydrogen-bond acceptors (Lipinski definition) is 3. The van der Waals surface area contributed by atoms with Crippen molar-refractivity contribution >= 4 is 38.7 Å². The zero-order valence-electron chi connectivity index (χ0n) is 10.4. The van der Waals surface area contributed by atoms with E-state index in [0.717, 1.165) is 5.39 Å². The number of ether oxygens (including phenoxy) is 1. The monoisotopic (exact) mass is 311 g/mol. The third kappa shape index (κ3) is 2.81. The Morgan fingerprint density at radius 3 is 2.89 bits per heavy atom. The molecular weight excluding hydrogens is 298 g/mol. The Balaban J connectivity index is 2.28. The first-order chi connectivity index (χ1) is 8.37. The molecule has 2 aromatic rings. The molecule has 0 aliphatic carbocycles. The summed E-state index contributed by atoms with van der Waals surface area (Å²) in [6.07, 6.45) is 2.91. The first-order valence-electron chi connectivity index (χ1n) is 5.48. The number of amides is 1. The summed E-state index contributed by atoms with van der Waals surface area (Å²) in [5, 5.41) is 3.56. The maximum atomic E-state index is 11.8. The van der Waals surface area contributed by atoms with Crippen LogP contribution in [0.4, 0.5) is 10.5 Å². The summed E-state index contributed by atoms with van der Waals surface area (Å²) in [7, 11) is 0. The van der Waals surface area contributed by atoms with E-state index in [1.807, 2.05) is 26.8 Å². The van der Waals surface area contributed by atoms with Crippen LogP contribution in [-0.4, -0.2) is 21.7 Å². The number of rotatable bonds is 1. The number of fused-ring (bicyclic) bond motifs is 1. The third-order valence-electron chi connectivity index (χ3n) is 2.17. The standard InChI is InChI=1S/C12H14BrN3O2/c1-12(2,3)18-11(17)16-9-7-4-5-14-10(7)15-6-8(9)13/h4-6H,1-3H3,(H2,14,15,16,17). The van der Waals surface area contributed by atoms with E-state index in [9.17, 15) is 4.79 Å². The molecule has 0 spiro atoms. The molecule has 5 nitrogen and oxygen atoms in total. The SMILES string of the molecule is CC(C)(C)OC(=O)Nc1c(Br)cnc2[nH]ccc12. The zero-order chi connectivity index (χ0) is 13.3. The topological polar surface area (TPSA) is 67.0 Å². The van der Waals surface area contributed by atoms with Crippen LogP contribution in [0.2, 0.25) is 0 Å². The molecule has 2 rings (SSSR count). The summed E-state index contributed by atoms with van der Waals surface area (Å²) >= 11 is 3.36. The minimum Gasteiger partial charge on any atom is -0.444 e. The molecule has 2 N–H and O–H groups in total. The van der Waals surface area contributed by atoms with Crippen LogP contribution in [0.1, 0.15) is 20.8 Å². The number of halogens is 1. The molecule has 0 aliphatic rings. The van der Waals surface area contributed by atoms with Crippen LogP contribution in [-0.2, 0) is 4.74 Å². The summed E-state index contributed by atoms with van der Waals surface area (Å²) in [6, 6.07) is 1.85. The number of carbonyl (C=O) groups excluding carboxylic acids is 1. The molecule has 0 atom stereocenters. The lowest BCUT2D eigenvalue weighted by Crippen LogP contribution is -2.27. The first kappa shape index (κ1) is 12.9. The maximum absolute atomic E-state index is 11.8. The van der Waals surface area contributed by atoms with Crippen molar-refractivity contribution < 1.29 is 9.53 Å². The molecule has 0 aromatic carbocycles. The van der Waals surface area contributed by atoms with Crippen molar-refractivity contribution in [3.8, 4) is 0 Å². The van der Waals surface area contributed by atoms with Crippen molar-refractivity contribution in [2.45, 2.75) is 26.4 Å². The summed E-state index contributed by atoms with van der Waals surface area (Å²) < 4.78 is 5.93. The Hall–Kier alpha value is -1.56. The molecule has 2 heterocycles. The zero-order valence-corrected chi connectivity index (χ0v) is 12.0. The van der Waals surface area contributed by atoms with Crippen molar-refractivity contribution in [1.82, 2.24) is 9.97 Å². The van der Waals surface area contributed by atoms with Crippen LogP contribution in [0.5, 0.6) is 0 Å². The van der Waals surface area contributed by atoms with Gasteiger partial charge in [-0.25, -0.2) is 9.78 Å². The Morgan fingerprint density at radius 2 is 2.22 bits per heavy atom. The number of nitrogens with zero attached hydrogens (tertiary/aromatic N) is 1. The highest BCUT2D eigenvalue weighted by Crippen LogP contribution is 2.29. The van der Waals surface area contributed by atoms with Crippen molar-refractivity contribution in [3.63, 3.8) is 0 Å². The molecule has 0 bridgehead atoms. The van der Waals surface area contributed by atoms with Gasteiger partial charge >= 0.3 is 6.09 Å². The van der Waals surface area contributed by atoms with Crippen LogP contribution in [0.25, 0.3) is 11.0 Å². The predicted molar refractivity (Wildman–Crippen MR) is 73.7 cm³/mol. The second-order valence-corrected chi connectivity index (χ2v) is 5.70. The number of H-pyrrole nitrogens is 1. The van der Waals surface area contributed by atoms with Crippen LogP contribution >= 0.6 is 15.9 Å². The van der Waals surface area contributed by atoms with E-state index < -0.39 is 11.7 Å². The van der Waals surface area contributed by atoms with Gasteiger partial charge in [0.2, 0.25) is 0 Å². The average molecular weight is 312 g/mol. The Morgan fingerprint density at radius 1 is 1.50 bits per heavy atom. The van der Waals surface area contributed by atoms with Gasteiger partial charge in [-0.15, -0.1) is 0 Å². The molecule has 0 saturated carbocycles. The fraction of sp³-hybridized carbons (Fsp3) is 0.333. The number of aromatic nitrogens is 2. The summed E-state index contributed by atoms with van der Waals surface area (Å²) in [4.78, 5) is 18.9. The maximum Gasteiger partial charge on any atom is 0.412 e. The Labute approximate surface area is 113 Å². The second-order valence-electron chi connectivity index (χ2n) is 4.85. The normalized spacial score (nSPS) is 11.6. The largest absolute Gasteiger partial charge is 0.444 e. The summed E-state index contributed by atoms with van der Waals surface area (Å²) in [5.41, 5.74) is 0.834. The molecular formula is C12H14BrN3O2. The lowest BCUT2D eigenvalue weighted by Gasteiger charge is -2.20. The number of hydrogen-bond donors (Lipinski definition) is 2. The Kier molecular flexibility index (Phi) is 3.30. The molecule has 18 heavy (non-hydrogen) atoms. The second kappa shape index (κ2) is 4.61. The van der Waals surface area contributed by atoms with E-state index in [4.69, 9.17) is 4.74 Å². The Bertz CT molecular complexity index is 587. The number of carbonyl (C=O) groups is 1. The van der Waals surface area contributed by atoms with E-state index in [1.165, 1.54) is 0 Å². The molecule has 0 saturated heterocycles. The number of anilines is 1. The average Bonchev–Trinajstić information content (AvgIpc) is 2.67. The molecule has 0 aliphatic heterocycles. The van der Waals surface area contributed by atoms with Crippen LogP contribution in [0.15, 0.2) is 22.9 Å². The van der Waals surface area contributed by atoms with Gasteiger partial charge in [0, 0.05) is 17.8 Å². The van der Waals surface area contributed by atoms with Crippen molar-refractivity contribution in [2.75, 3.05) is 5.32 Å². The van der Waals surface area contributed by atoms with Crippen molar-refractivity contribution in [2.24, 2.45) is 0 Å². The van der Waals surface area contributed by atoms with Gasteiger partial charge in [-0.2, -0.15) is 0 Å². The van der Waals surface area contributed by atoms with Gasteiger partial charge in [-0.05, 0) is 42.8 Å². The van der Waals surface area contributed by atoms with Gasteiger partial charge < -0.3 is 9.72 Å². The highest BCUT2D eigenvalue weighted by Gasteiger charge is 2.18. The van der Waals surface area contributed by atoms with Gasteiger partial charge in [-0.3, -0.25) is 5.32 Å². The summed E-state index contributed by atoms with van der Waals surface area (Å²) in [5.74, 6) is 0. The summed E-state index contributed by atoms with van der Waals surface area (Å²) in [6.45, 7) is 5.46. The smallest absolute Gasteiger partial charge is 0.412 e. The molecule has 2 aromatic heterocycles. The lowest BCUT2D eigenvalue weighted by atomic mass is 10.2. The molecule has 0 radical (unpaired) electrons. The molecule has 1 amide bonds. The third-order valence-corrected chi connectivity index (χ3v) is 2.77. The number of nitrogens with one attached hydrogen (secondary N) is 2. The fourth-order valence-electron chi connectivity index (χ4n) is 1.52. The van der Waals surface area contributed by atoms with E-state index in [1.54, 1.807) is 12.4 Å². The van der Waals surface area contributed by atoms with Gasteiger partial charge in [0.25, 0.3) is 0 Å². The highest BCUT2D eigenvalue weighted by atomic mass is 79.9. The molecule has 96 valence electrons. The lowest BCUT2D eigenvalue weighted by molar-refractivity contribution is 0.0636. The minimum atomic E-state index is -0.527. The van der Waals surface area contributed by atoms with Crippen LogP contribution < -0.4 is 5.32 Å². The van der Waals surface area contributed by atoms with E-state index in [2.05, 4.69) is 31.2 Å². The van der Waals surface area contributed by atoms with Gasteiger partial charge in [-0.1, -0.05) is 0 Å². The predicted octanol–water partition coefficient (Wildman–Crippen LogP) is 3.67. The highest BCUT2D eigenvalue weighted by molar-refractivity contribution is 9.10. The van der Waals surface area contributed by atoms with Crippen LogP contribution in [0.3, 0.4) is 0 Å². The van der Waals surface area contributed by atoms with Gasteiger partial charge in [0.15, 0.2) is 0 Å². The van der Waals surface area contributed by atoms with E-state index >= 15 is 0 Å². The van der Waals surface area contributed by atoms with Crippen LogP contribution in [0, 0.1) is 0 Å². The molecule has 0 unspecified atom stereocenters.